The number of hydrogen-bond donors (Lipinski definition) is 0. The van der Waals surface area contributed by atoms with E-state index in [4.69, 9.17) is 0 Å². The molecule has 0 atom stereocenters. The van der Waals surface area contributed by atoms with Crippen molar-refractivity contribution in [1.82, 2.24) is 4.90 Å². The molecule has 8 heavy (non-hydrogen) atoms. The van der Waals surface area contributed by atoms with Crippen molar-refractivity contribution >= 4 is 5.96 Å². The van der Waals surface area contributed by atoms with Gasteiger partial charge in [0.1, 0.15) is 0 Å². The molecule has 0 aromatic rings. The van der Waals surface area contributed by atoms with Crippen molar-refractivity contribution in [3.05, 3.63) is 5.32 Å². The first kappa shape index (κ1) is 4.18. The first-order valence-corrected chi connectivity index (χ1v) is 2.94. The van der Waals surface area contributed by atoms with Gasteiger partial charge in [-0.2, -0.15) is 0 Å². The van der Waals surface area contributed by atoms with Crippen LogP contribution in [0.3, 0.4) is 0 Å². The first-order valence-electron chi connectivity index (χ1n) is 2.94. The number of rotatable bonds is 0. The smallest absolute Gasteiger partial charge is 0.00919 e. The molecule has 3 heteroatoms. The summed E-state index contributed by atoms with van der Waals surface area (Å²) in [4.78, 5) is 6.40. The summed E-state index contributed by atoms with van der Waals surface area (Å²) < 4.78 is 0. The zero-order valence-corrected chi connectivity index (χ0v) is 4.67. The van der Waals surface area contributed by atoms with Crippen LogP contribution in [0.1, 0.15) is 0 Å². The molecular formula is C5H8N3-. The van der Waals surface area contributed by atoms with E-state index in [1.54, 1.807) is 0 Å². The Balaban J connectivity index is 2.20. The third-order valence-corrected chi connectivity index (χ3v) is 1.53. The van der Waals surface area contributed by atoms with E-state index >= 15 is 0 Å². The molecule has 0 N–H and O–H groups in total. The van der Waals surface area contributed by atoms with Crippen molar-refractivity contribution in [3.8, 4) is 0 Å². The molecule has 0 aromatic carbocycles. The molecule has 44 valence electrons. The van der Waals surface area contributed by atoms with Gasteiger partial charge in [-0.05, 0) is 26.2 Å². The fraction of sp³-hybridized carbons (Fsp3) is 0.800. The highest BCUT2D eigenvalue weighted by Gasteiger charge is 2.10. The molecule has 3 nitrogen and oxygen atoms in total. The van der Waals surface area contributed by atoms with Gasteiger partial charge in [0.15, 0.2) is 0 Å². The van der Waals surface area contributed by atoms with Gasteiger partial charge < -0.3 is 15.2 Å². The van der Waals surface area contributed by atoms with Crippen LogP contribution in [0.2, 0.25) is 0 Å². The van der Waals surface area contributed by atoms with Gasteiger partial charge in [-0.25, -0.2) is 0 Å². The second-order valence-corrected chi connectivity index (χ2v) is 2.05. The third-order valence-electron chi connectivity index (χ3n) is 1.53. The SMILES string of the molecule is C1CN2CC[N-]C2=N1. The average Bonchev–Trinajstić information content (AvgIpc) is 2.15. The largest absolute Gasteiger partial charge is 0.425 e. The number of hydrogen-bond acceptors (Lipinski definition) is 2. The maximum absolute atomic E-state index is 4.17. The van der Waals surface area contributed by atoms with Crippen LogP contribution in [0, 0.1) is 0 Å². The third kappa shape index (κ3) is 0.412. The van der Waals surface area contributed by atoms with Gasteiger partial charge in [-0.3, -0.25) is 0 Å². The number of aliphatic imine (C=N–C) groups is 1. The molecule has 2 aliphatic heterocycles. The lowest BCUT2D eigenvalue weighted by molar-refractivity contribution is 0.503. The van der Waals surface area contributed by atoms with Crippen molar-refractivity contribution in [2.24, 2.45) is 4.99 Å². The van der Waals surface area contributed by atoms with E-state index in [1.165, 1.54) is 0 Å². The van der Waals surface area contributed by atoms with Gasteiger partial charge in [0.2, 0.25) is 0 Å². The lowest BCUT2D eigenvalue weighted by atomic mass is 10.6. The van der Waals surface area contributed by atoms with E-state index in [-0.39, 0.29) is 0 Å². The zero-order valence-electron chi connectivity index (χ0n) is 4.67. The summed E-state index contributed by atoms with van der Waals surface area (Å²) in [5.74, 6) is 0.991. The monoisotopic (exact) mass is 110 g/mol. The van der Waals surface area contributed by atoms with Gasteiger partial charge in [-0.15, -0.1) is 0 Å². The molecule has 2 rings (SSSR count). The Bertz CT molecular complexity index is 130. The summed E-state index contributed by atoms with van der Waals surface area (Å²) in [6.07, 6.45) is 0. The lowest BCUT2D eigenvalue weighted by Crippen LogP contribution is -2.20. The zero-order chi connectivity index (χ0) is 5.40. The van der Waals surface area contributed by atoms with E-state index in [2.05, 4.69) is 15.2 Å². The van der Waals surface area contributed by atoms with Gasteiger partial charge in [0, 0.05) is 5.96 Å². The summed E-state index contributed by atoms with van der Waals surface area (Å²) in [7, 11) is 0. The second kappa shape index (κ2) is 1.37. The highest BCUT2D eigenvalue weighted by atomic mass is 15.4. The molecule has 1 saturated heterocycles. The molecule has 2 aliphatic rings. The van der Waals surface area contributed by atoms with E-state index in [1.807, 2.05) is 0 Å². The van der Waals surface area contributed by atoms with Crippen LogP contribution in [-0.2, 0) is 0 Å². The summed E-state index contributed by atoms with van der Waals surface area (Å²) in [5.41, 5.74) is 0. The van der Waals surface area contributed by atoms with Crippen LogP contribution in [0.5, 0.6) is 0 Å². The van der Waals surface area contributed by atoms with E-state index < -0.39 is 0 Å². The minimum absolute atomic E-state index is 0.957. The highest BCUT2D eigenvalue weighted by Crippen LogP contribution is 2.12. The summed E-state index contributed by atoms with van der Waals surface area (Å²) in [5, 5.41) is 4.17. The van der Waals surface area contributed by atoms with E-state index in [0.29, 0.717) is 0 Å². The van der Waals surface area contributed by atoms with Crippen LogP contribution in [-0.4, -0.2) is 37.0 Å². The fourth-order valence-electron chi connectivity index (χ4n) is 1.10. The number of fused-ring (bicyclic) bond motifs is 1. The van der Waals surface area contributed by atoms with Gasteiger partial charge in [0.05, 0.1) is 0 Å². The Morgan fingerprint density at radius 2 is 2.50 bits per heavy atom. The van der Waals surface area contributed by atoms with Crippen molar-refractivity contribution < 1.29 is 0 Å². The molecule has 0 bridgehead atoms. The molecule has 0 spiro atoms. The Labute approximate surface area is 48.4 Å². The van der Waals surface area contributed by atoms with E-state index in [0.717, 1.165) is 32.1 Å². The number of nitrogens with zero attached hydrogens (tertiary/aromatic N) is 3. The average molecular weight is 110 g/mol. The van der Waals surface area contributed by atoms with Crippen molar-refractivity contribution in [3.63, 3.8) is 0 Å². The van der Waals surface area contributed by atoms with Crippen molar-refractivity contribution in [2.75, 3.05) is 26.2 Å². The van der Waals surface area contributed by atoms with Gasteiger partial charge in [0.25, 0.3) is 0 Å². The van der Waals surface area contributed by atoms with Gasteiger partial charge >= 0.3 is 0 Å². The molecule has 0 saturated carbocycles. The Kier molecular flexibility index (Phi) is 0.716. The Morgan fingerprint density at radius 1 is 1.50 bits per heavy atom. The summed E-state index contributed by atoms with van der Waals surface area (Å²) in [6.45, 7) is 4.11. The fourth-order valence-corrected chi connectivity index (χ4v) is 1.10. The van der Waals surface area contributed by atoms with Gasteiger partial charge in [-0.1, -0.05) is 0 Å². The maximum Gasteiger partial charge on any atom is 0.00919 e. The maximum atomic E-state index is 4.17. The number of guanidine groups is 1. The molecule has 0 aliphatic carbocycles. The summed E-state index contributed by atoms with van der Waals surface area (Å²) >= 11 is 0. The van der Waals surface area contributed by atoms with Crippen molar-refractivity contribution in [2.45, 2.75) is 0 Å². The van der Waals surface area contributed by atoms with Crippen LogP contribution in [0.25, 0.3) is 5.32 Å². The quantitative estimate of drug-likeness (QED) is 0.433. The predicted molar refractivity (Wildman–Crippen MR) is 32.1 cm³/mol. The molecular weight excluding hydrogens is 102 g/mol. The highest BCUT2D eigenvalue weighted by molar-refractivity contribution is 5.95. The topological polar surface area (TPSA) is 29.7 Å². The molecule has 0 amide bonds. The van der Waals surface area contributed by atoms with Crippen LogP contribution in [0.15, 0.2) is 4.99 Å². The summed E-state index contributed by atoms with van der Waals surface area (Å²) in [6, 6.07) is 0. The molecule has 0 radical (unpaired) electrons. The molecule has 2 heterocycles. The Morgan fingerprint density at radius 3 is 3.38 bits per heavy atom. The minimum atomic E-state index is 0.957. The minimum Gasteiger partial charge on any atom is -0.425 e. The van der Waals surface area contributed by atoms with Crippen molar-refractivity contribution in [1.29, 1.82) is 0 Å². The van der Waals surface area contributed by atoms with Crippen LogP contribution >= 0.6 is 0 Å². The Hall–Kier alpha value is -0.730. The van der Waals surface area contributed by atoms with E-state index in [9.17, 15) is 0 Å². The lowest BCUT2D eigenvalue weighted by Gasteiger charge is -2.15. The van der Waals surface area contributed by atoms with Crippen LogP contribution < -0.4 is 0 Å². The predicted octanol–water partition coefficient (Wildman–Crippen LogP) is 0.0453. The molecule has 0 unspecified atom stereocenters. The first-order chi connectivity index (χ1) is 3.97. The normalized spacial score (nSPS) is 25.0. The standard InChI is InChI=1S/C5H8N3/c1-3-8-4-2-7-5(8)6-1/h1-4H2/q-1. The van der Waals surface area contributed by atoms with Crippen LogP contribution in [0.4, 0.5) is 0 Å². The molecule has 0 aromatic heterocycles. The second-order valence-electron chi connectivity index (χ2n) is 2.05. The molecule has 1 fully saturated rings.